The highest BCUT2D eigenvalue weighted by atomic mass is 79.9. The van der Waals surface area contributed by atoms with E-state index in [4.69, 9.17) is 0 Å². The van der Waals surface area contributed by atoms with Crippen molar-refractivity contribution in [2.75, 3.05) is 0 Å². The van der Waals surface area contributed by atoms with Gasteiger partial charge in [0.15, 0.2) is 0 Å². The van der Waals surface area contributed by atoms with Crippen LogP contribution in [0.4, 0.5) is 22.0 Å². The van der Waals surface area contributed by atoms with E-state index >= 15 is 0 Å². The van der Waals surface area contributed by atoms with Crippen LogP contribution in [-0.2, 0) is 0 Å². The van der Waals surface area contributed by atoms with E-state index in [0.29, 0.717) is 0 Å². The molecular weight excluding hydrogens is 371 g/mol. The monoisotopic (exact) mass is 368 g/mol. The zero-order valence-electron chi connectivity index (χ0n) is 4.52. The van der Waals surface area contributed by atoms with Crippen LogP contribution in [0.25, 0.3) is 0 Å². The Morgan fingerprint density at radius 2 is 0.818 bits per heavy atom. The van der Waals surface area contributed by atoms with Gasteiger partial charge in [0.05, 0.1) is 0 Å². The van der Waals surface area contributed by atoms with E-state index in [0.717, 1.165) is 0 Å². The van der Waals surface area contributed by atoms with E-state index < -0.39 is 14.2 Å². The lowest BCUT2D eigenvalue weighted by atomic mass is 10.4. The average molecular weight is 371 g/mol. The van der Waals surface area contributed by atoms with E-state index in [1.807, 2.05) is 0 Å². The van der Waals surface area contributed by atoms with E-state index in [-0.39, 0.29) is 0 Å². The molecule has 0 rings (SSSR count). The molecule has 0 nitrogen and oxygen atoms in total. The zero-order valence-corrected chi connectivity index (χ0v) is 9.28. The summed E-state index contributed by atoms with van der Waals surface area (Å²) in [6, 6.07) is 0. The molecule has 0 bridgehead atoms. The van der Waals surface area contributed by atoms with Crippen LogP contribution < -0.4 is 0 Å². The first kappa shape index (κ1) is 12.1. The second kappa shape index (κ2) is 3.10. The predicted molar refractivity (Wildman–Crippen MR) is 40.5 cm³/mol. The summed E-state index contributed by atoms with van der Waals surface area (Å²) in [5.41, 5.74) is 0. The second-order valence-electron chi connectivity index (χ2n) is 1.57. The molecule has 0 aromatic heterocycles. The molecule has 11 heavy (non-hydrogen) atoms. The highest BCUT2D eigenvalue weighted by Gasteiger charge is 2.66. The molecule has 0 aromatic rings. The van der Waals surface area contributed by atoms with Crippen LogP contribution in [0, 0.1) is 0 Å². The molecule has 0 heterocycles. The number of alkyl halides is 8. The predicted octanol–water partition coefficient (Wildman–Crippen LogP) is 4.02. The van der Waals surface area contributed by atoms with E-state index in [1.165, 1.54) is 31.9 Å². The van der Waals surface area contributed by atoms with Crippen molar-refractivity contribution < 1.29 is 22.0 Å². The summed E-state index contributed by atoms with van der Waals surface area (Å²) in [6.07, 6.45) is 0. The largest absolute Gasteiger partial charge is 0.351 e. The normalized spacial score (nSPS) is 15.3. The van der Waals surface area contributed by atoms with Gasteiger partial charge < -0.3 is 0 Å². The Kier molecular flexibility index (Phi) is 3.41. The van der Waals surface area contributed by atoms with Gasteiger partial charge in [-0.1, -0.05) is 0 Å². The minimum Gasteiger partial charge on any atom is -0.216 e. The molecule has 0 spiro atoms. The summed E-state index contributed by atoms with van der Waals surface area (Å²) in [4.78, 5) is -8.71. The molecule has 0 saturated heterocycles. The fourth-order valence-corrected chi connectivity index (χ4v) is 0.925. The van der Waals surface area contributed by atoms with Gasteiger partial charge in [0.25, 0.3) is 0 Å². The zero-order chi connectivity index (χ0) is 9.50. The van der Waals surface area contributed by atoms with Crippen molar-refractivity contribution in [2.24, 2.45) is 0 Å². The Labute approximate surface area is 83.9 Å². The quantitative estimate of drug-likeness (QED) is 0.509. The highest BCUT2D eigenvalue weighted by Crippen LogP contribution is 2.54. The third kappa shape index (κ3) is 2.51. The molecule has 0 fully saturated rings. The van der Waals surface area contributed by atoms with Crippen molar-refractivity contribution in [3.05, 3.63) is 0 Å². The van der Waals surface area contributed by atoms with Gasteiger partial charge in [-0.2, -0.15) is 17.6 Å². The first-order valence-corrected chi connectivity index (χ1v) is 4.39. The number of hydrogen-bond donors (Lipinski definition) is 0. The van der Waals surface area contributed by atoms with Crippen molar-refractivity contribution in [3.63, 3.8) is 0 Å². The first-order valence-electron chi connectivity index (χ1n) is 2.01. The lowest BCUT2D eigenvalue weighted by Crippen LogP contribution is -2.45. The topological polar surface area (TPSA) is 0 Å². The van der Waals surface area contributed by atoms with Gasteiger partial charge in [-0.3, -0.25) is 0 Å². The Hall–Kier alpha value is 1.09. The number of hydrogen-bond acceptors (Lipinski definition) is 0. The lowest BCUT2D eigenvalue weighted by Gasteiger charge is -2.27. The van der Waals surface area contributed by atoms with Crippen LogP contribution in [-0.4, -0.2) is 14.2 Å². The summed E-state index contributed by atoms with van der Waals surface area (Å²) < 4.78 is 56.2. The molecule has 8 heteroatoms. The van der Waals surface area contributed by atoms with Gasteiger partial charge >= 0.3 is 14.2 Å². The van der Waals surface area contributed by atoms with Crippen LogP contribution in [0.15, 0.2) is 0 Å². The second-order valence-corrected chi connectivity index (χ2v) is 4.65. The molecule has 0 saturated carbocycles. The molecule has 0 radical (unpaired) electrons. The molecule has 0 aliphatic rings. The maximum atomic E-state index is 12.4. The van der Waals surface area contributed by atoms with Crippen LogP contribution >= 0.6 is 47.8 Å². The van der Waals surface area contributed by atoms with Gasteiger partial charge in [0, 0.05) is 0 Å². The highest BCUT2D eigenvalue weighted by molar-refractivity contribution is 9.14. The van der Waals surface area contributed by atoms with E-state index in [9.17, 15) is 22.0 Å². The first-order chi connectivity index (χ1) is 4.50. The fraction of sp³-hybridized carbons (Fsp3) is 1.00. The summed E-state index contributed by atoms with van der Waals surface area (Å²) >= 11 is 4.50. The van der Waals surface area contributed by atoms with Crippen LogP contribution in [0.3, 0.4) is 0 Å². The minimum absolute atomic E-state index is 1.47. The van der Waals surface area contributed by atoms with Gasteiger partial charge in [-0.25, -0.2) is 4.39 Å². The van der Waals surface area contributed by atoms with Crippen molar-refractivity contribution in [3.8, 4) is 0 Å². The van der Waals surface area contributed by atoms with Crippen LogP contribution in [0.2, 0.25) is 0 Å². The summed E-state index contributed by atoms with van der Waals surface area (Å²) in [5.74, 6) is 0. The third-order valence-corrected chi connectivity index (χ3v) is 3.86. The van der Waals surface area contributed by atoms with Crippen molar-refractivity contribution in [1.82, 2.24) is 0 Å². The summed E-state index contributed by atoms with van der Waals surface area (Å²) in [7, 11) is 0. The SMILES string of the molecule is FC(F)(Br)C(F)(Br)C(F)(F)Br. The maximum absolute atomic E-state index is 12.4. The summed E-state index contributed by atoms with van der Waals surface area (Å²) in [6.45, 7) is 0. The van der Waals surface area contributed by atoms with Crippen molar-refractivity contribution in [1.29, 1.82) is 0 Å². The van der Waals surface area contributed by atoms with Crippen LogP contribution in [0.1, 0.15) is 0 Å². The van der Waals surface area contributed by atoms with Crippen molar-refractivity contribution >= 4 is 47.8 Å². The Balaban J connectivity index is 4.75. The standard InChI is InChI=1S/C3Br3F5/c4-1(7,2(5,8)9)3(6,10)11. The molecule has 0 aliphatic carbocycles. The molecule has 0 unspecified atom stereocenters. The minimum atomic E-state index is -4.35. The van der Waals surface area contributed by atoms with Crippen LogP contribution in [0.5, 0.6) is 0 Å². The van der Waals surface area contributed by atoms with E-state index in [1.54, 1.807) is 15.9 Å². The molecule has 68 valence electrons. The maximum Gasteiger partial charge on any atom is 0.351 e. The molecule has 0 N–H and O–H groups in total. The fourth-order valence-electron chi connectivity index (χ4n) is 0.161. The molecule has 0 atom stereocenters. The van der Waals surface area contributed by atoms with Gasteiger partial charge in [0.1, 0.15) is 0 Å². The molecule has 0 aliphatic heterocycles. The smallest absolute Gasteiger partial charge is 0.216 e. The summed E-state index contributed by atoms with van der Waals surface area (Å²) in [5, 5.41) is 0. The molecule has 0 aromatic carbocycles. The third-order valence-electron chi connectivity index (χ3n) is 0.712. The average Bonchev–Trinajstić information content (AvgIpc) is 1.58. The van der Waals surface area contributed by atoms with Gasteiger partial charge in [-0.05, 0) is 47.8 Å². The number of rotatable bonds is 2. The number of halogens is 8. The Morgan fingerprint density at radius 3 is 0.818 bits per heavy atom. The van der Waals surface area contributed by atoms with Gasteiger partial charge in [0.2, 0.25) is 0 Å². The molecule has 0 amide bonds. The van der Waals surface area contributed by atoms with Gasteiger partial charge in [-0.15, -0.1) is 0 Å². The van der Waals surface area contributed by atoms with E-state index in [2.05, 4.69) is 0 Å². The van der Waals surface area contributed by atoms with Crippen molar-refractivity contribution in [2.45, 2.75) is 14.2 Å². The lowest BCUT2D eigenvalue weighted by molar-refractivity contribution is -0.0963. The Morgan fingerprint density at radius 1 is 0.636 bits per heavy atom. The Bertz CT molecular complexity index is 128. The molecular formula is C3Br3F5.